The highest BCUT2D eigenvalue weighted by Crippen LogP contribution is 2.25. The predicted molar refractivity (Wildman–Crippen MR) is 109 cm³/mol. The van der Waals surface area contributed by atoms with Crippen LogP contribution in [0.2, 0.25) is 0 Å². The van der Waals surface area contributed by atoms with Gasteiger partial charge in [-0.3, -0.25) is 0 Å². The summed E-state index contributed by atoms with van der Waals surface area (Å²) in [6.07, 6.45) is 0. The second-order valence-corrected chi connectivity index (χ2v) is 7.17. The Morgan fingerprint density at radius 3 is 2.27 bits per heavy atom. The summed E-state index contributed by atoms with van der Waals surface area (Å²) < 4.78 is 4.94. The number of para-hydroxylation sites is 1. The number of rotatable bonds is 7. The fourth-order valence-electron chi connectivity index (χ4n) is 3.25. The van der Waals surface area contributed by atoms with Gasteiger partial charge >= 0.3 is 5.97 Å². The lowest BCUT2D eigenvalue weighted by molar-refractivity contribution is -0.142. The number of hydrogen-bond acceptors (Lipinski definition) is 4. The minimum absolute atomic E-state index is 0.130. The molecule has 0 aliphatic rings. The van der Waals surface area contributed by atoms with E-state index in [4.69, 9.17) is 4.74 Å². The monoisotopic (exact) mass is 354 g/mol. The largest absolute Gasteiger partial charge is 0.467 e. The lowest BCUT2D eigenvalue weighted by Crippen LogP contribution is -2.35. The molecule has 0 amide bonds. The Kier molecular flexibility index (Phi) is 6.67. The second-order valence-electron chi connectivity index (χ2n) is 7.17. The molecule has 4 nitrogen and oxygen atoms in total. The molecule has 4 heteroatoms. The molecular weight excluding hydrogens is 324 g/mol. The smallest absolute Gasteiger partial charge is 0.328 e. The van der Waals surface area contributed by atoms with Crippen LogP contribution in [-0.2, 0) is 16.1 Å². The van der Waals surface area contributed by atoms with E-state index in [-0.39, 0.29) is 17.9 Å². The highest BCUT2D eigenvalue weighted by molar-refractivity contribution is 5.80. The number of anilines is 2. The van der Waals surface area contributed by atoms with E-state index < -0.39 is 0 Å². The average molecular weight is 354 g/mol. The van der Waals surface area contributed by atoms with E-state index in [1.807, 2.05) is 32.0 Å². The standard InChI is InChI=1S/C22H30N2O2/c1-14(2)20(22(25)26-6)24-19-10-8-7-9-18(19)13-23-21-16(4)11-15(3)12-17(21)5/h7-12,14,20,23-24H,13H2,1-6H3/t20-/m0/s1. The first-order chi connectivity index (χ1) is 12.3. The molecule has 0 spiro atoms. The van der Waals surface area contributed by atoms with Crippen LogP contribution in [-0.4, -0.2) is 19.1 Å². The zero-order valence-electron chi connectivity index (χ0n) is 16.6. The van der Waals surface area contributed by atoms with Crippen LogP contribution in [0.15, 0.2) is 36.4 Å². The molecule has 0 aliphatic carbocycles. The van der Waals surface area contributed by atoms with Crippen molar-refractivity contribution >= 4 is 17.3 Å². The van der Waals surface area contributed by atoms with E-state index in [1.54, 1.807) is 0 Å². The first-order valence-electron chi connectivity index (χ1n) is 9.07. The summed E-state index contributed by atoms with van der Waals surface area (Å²) in [7, 11) is 1.43. The Bertz CT molecular complexity index is 745. The lowest BCUT2D eigenvalue weighted by atomic mass is 10.0. The van der Waals surface area contributed by atoms with Crippen LogP contribution in [0.4, 0.5) is 11.4 Å². The van der Waals surface area contributed by atoms with Crippen LogP contribution in [0.1, 0.15) is 36.1 Å². The van der Waals surface area contributed by atoms with Crippen molar-refractivity contribution < 1.29 is 9.53 Å². The van der Waals surface area contributed by atoms with Crippen LogP contribution >= 0.6 is 0 Å². The van der Waals surface area contributed by atoms with E-state index in [0.29, 0.717) is 6.54 Å². The van der Waals surface area contributed by atoms with Crippen LogP contribution < -0.4 is 10.6 Å². The Labute approximate surface area is 157 Å². The van der Waals surface area contributed by atoms with Crippen molar-refractivity contribution in [2.45, 2.75) is 47.2 Å². The predicted octanol–water partition coefficient (Wildman–Crippen LogP) is 4.83. The van der Waals surface area contributed by atoms with E-state index in [9.17, 15) is 4.79 Å². The SMILES string of the molecule is COC(=O)[C@@H](Nc1ccccc1CNc1c(C)cc(C)cc1C)C(C)C. The molecule has 0 saturated heterocycles. The highest BCUT2D eigenvalue weighted by Gasteiger charge is 2.23. The molecule has 26 heavy (non-hydrogen) atoms. The lowest BCUT2D eigenvalue weighted by Gasteiger charge is -2.23. The van der Waals surface area contributed by atoms with Gasteiger partial charge in [0.25, 0.3) is 0 Å². The molecule has 0 bridgehead atoms. The number of ether oxygens (including phenoxy) is 1. The number of nitrogens with one attached hydrogen (secondary N) is 2. The first kappa shape index (κ1) is 19.8. The van der Waals surface area contributed by atoms with Crippen molar-refractivity contribution in [3.05, 3.63) is 58.7 Å². The van der Waals surface area contributed by atoms with E-state index >= 15 is 0 Å². The molecule has 2 aromatic carbocycles. The van der Waals surface area contributed by atoms with Gasteiger partial charge in [0.15, 0.2) is 0 Å². The van der Waals surface area contributed by atoms with Gasteiger partial charge in [-0.25, -0.2) is 4.79 Å². The quantitative estimate of drug-likeness (QED) is 0.699. The Morgan fingerprint density at radius 1 is 1.08 bits per heavy atom. The van der Waals surface area contributed by atoms with Crippen LogP contribution in [0.5, 0.6) is 0 Å². The van der Waals surface area contributed by atoms with Gasteiger partial charge in [-0.1, -0.05) is 49.7 Å². The van der Waals surface area contributed by atoms with Crippen molar-refractivity contribution in [2.75, 3.05) is 17.7 Å². The van der Waals surface area contributed by atoms with Gasteiger partial charge in [-0.2, -0.15) is 0 Å². The third-order valence-corrected chi connectivity index (χ3v) is 4.58. The number of esters is 1. The topological polar surface area (TPSA) is 50.4 Å². The molecule has 0 aromatic heterocycles. The Morgan fingerprint density at radius 2 is 1.69 bits per heavy atom. The molecule has 0 radical (unpaired) electrons. The van der Waals surface area contributed by atoms with Crippen LogP contribution in [0.3, 0.4) is 0 Å². The fourth-order valence-corrected chi connectivity index (χ4v) is 3.25. The molecule has 2 aromatic rings. The van der Waals surface area contributed by atoms with Crippen LogP contribution in [0, 0.1) is 26.7 Å². The summed E-state index contributed by atoms with van der Waals surface area (Å²) in [4.78, 5) is 12.1. The zero-order valence-corrected chi connectivity index (χ0v) is 16.6. The van der Waals surface area contributed by atoms with Crippen LogP contribution in [0.25, 0.3) is 0 Å². The first-order valence-corrected chi connectivity index (χ1v) is 9.07. The molecule has 1 atom stereocenters. The third kappa shape index (κ3) is 4.78. The summed E-state index contributed by atoms with van der Waals surface area (Å²) in [5.41, 5.74) is 6.97. The molecule has 0 aliphatic heterocycles. The fraction of sp³-hybridized carbons (Fsp3) is 0.409. The van der Waals surface area contributed by atoms with E-state index in [1.165, 1.54) is 29.5 Å². The van der Waals surface area contributed by atoms with Crippen molar-refractivity contribution in [3.63, 3.8) is 0 Å². The average Bonchev–Trinajstić information content (AvgIpc) is 2.58. The molecule has 2 N–H and O–H groups in total. The molecule has 0 saturated carbocycles. The Balaban J connectivity index is 2.20. The third-order valence-electron chi connectivity index (χ3n) is 4.58. The van der Waals surface area contributed by atoms with Crippen molar-refractivity contribution in [2.24, 2.45) is 5.92 Å². The maximum absolute atomic E-state index is 12.1. The highest BCUT2D eigenvalue weighted by atomic mass is 16.5. The van der Waals surface area contributed by atoms with Gasteiger partial charge < -0.3 is 15.4 Å². The zero-order chi connectivity index (χ0) is 19.3. The van der Waals surface area contributed by atoms with Gasteiger partial charge in [-0.15, -0.1) is 0 Å². The minimum Gasteiger partial charge on any atom is -0.467 e. The van der Waals surface area contributed by atoms with Gasteiger partial charge in [0.1, 0.15) is 6.04 Å². The summed E-state index contributed by atoms with van der Waals surface area (Å²) >= 11 is 0. The summed E-state index contributed by atoms with van der Waals surface area (Å²) in [6, 6.07) is 12.1. The normalized spacial score (nSPS) is 12.0. The van der Waals surface area contributed by atoms with E-state index in [2.05, 4.69) is 49.6 Å². The van der Waals surface area contributed by atoms with Crippen molar-refractivity contribution in [3.8, 4) is 0 Å². The molecule has 0 unspecified atom stereocenters. The maximum atomic E-state index is 12.1. The van der Waals surface area contributed by atoms with E-state index in [0.717, 1.165) is 11.3 Å². The van der Waals surface area contributed by atoms with Crippen molar-refractivity contribution in [1.82, 2.24) is 0 Å². The van der Waals surface area contributed by atoms with Crippen molar-refractivity contribution in [1.29, 1.82) is 0 Å². The number of carbonyl (C=O) groups excluding carboxylic acids is 1. The minimum atomic E-state index is -0.371. The number of methoxy groups -OCH3 is 1. The summed E-state index contributed by atoms with van der Waals surface area (Å²) in [6.45, 7) is 11.1. The maximum Gasteiger partial charge on any atom is 0.328 e. The Hall–Kier alpha value is -2.49. The van der Waals surface area contributed by atoms with Gasteiger partial charge in [0.05, 0.1) is 7.11 Å². The number of hydrogen-bond donors (Lipinski definition) is 2. The summed E-state index contributed by atoms with van der Waals surface area (Å²) in [5, 5.41) is 6.91. The van der Waals surface area contributed by atoms with Gasteiger partial charge in [-0.05, 0) is 49.4 Å². The molecule has 0 heterocycles. The van der Waals surface area contributed by atoms with Gasteiger partial charge in [0, 0.05) is 17.9 Å². The molecule has 140 valence electrons. The molecular formula is C22H30N2O2. The number of benzene rings is 2. The van der Waals surface area contributed by atoms with Gasteiger partial charge in [0.2, 0.25) is 0 Å². The second kappa shape index (κ2) is 8.75. The molecule has 2 rings (SSSR count). The molecule has 0 fully saturated rings. The summed E-state index contributed by atoms with van der Waals surface area (Å²) in [5.74, 6) is -0.113. The number of aryl methyl sites for hydroxylation is 3. The number of carbonyl (C=O) groups is 1.